The average Bonchev–Trinajstić information content (AvgIpc) is 2.81. The van der Waals surface area contributed by atoms with Gasteiger partial charge in [-0.25, -0.2) is 0 Å². The van der Waals surface area contributed by atoms with Crippen molar-refractivity contribution in [1.82, 2.24) is 5.32 Å². The fourth-order valence-corrected chi connectivity index (χ4v) is 4.06. The number of nitrogens with two attached hydrogens (primary N) is 1. The standard InChI is InChI=1S/C30H36N2O3/c1-30(2,3)20-28(34)27(18-12-21-7-5-4-6-8-21)32-29(35)24-14-17-26(31)23(19-24)13-9-22-10-15-25(33)16-11-22/h4-8,10-11,14-17,19,27,33H,9,12-13,18,20,31H2,1-3H3,(H,32,35)/t27-/m0/s1. The van der Waals surface area contributed by atoms with Gasteiger partial charge in [0.25, 0.3) is 5.91 Å². The number of nitrogen functional groups attached to an aromatic ring is 1. The zero-order valence-corrected chi connectivity index (χ0v) is 20.9. The molecule has 0 aromatic heterocycles. The number of anilines is 1. The lowest BCUT2D eigenvalue weighted by Gasteiger charge is -2.23. The largest absolute Gasteiger partial charge is 0.508 e. The van der Waals surface area contributed by atoms with Crippen LogP contribution in [0.3, 0.4) is 0 Å². The van der Waals surface area contributed by atoms with E-state index in [0.717, 1.165) is 23.1 Å². The van der Waals surface area contributed by atoms with Crippen LogP contribution in [0, 0.1) is 5.41 Å². The number of aromatic hydroxyl groups is 1. The van der Waals surface area contributed by atoms with Crippen molar-refractivity contribution < 1.29 is 14.7 Å². The number of phenolic OH excluding ortho intramolecular Hbond substituents is 1. The Balaban J connectivity index is 1.71. The molecule has 184 valence electrons. The van der Waals surface area contributed by atoms with Gasteiger partial charge in [-0.2, -0.15) is 0 Å². The van der Waals surface area contributed by atoms with Crippen molar-refractivity contribution >= 4 is 17.4 Å². The Bertz CT molecular complexity index is 1130. The molecule has 0 spiro atoms. The summed E-state index contributed by atoms with van der Waals surface area (Å²) in [5.41, 5.74) is 10.2. The third-order valence-electron chi connectivity index (χ3n) is 5.99. The normalized spacial score (nSPS) is 12.2. The van der Waals surface area contributed by atoms with Gasteiger partial charge in [0.1, 0.15) is 5.75 Å². The molecule has 35 heavy (non-hydrogen) atoms. The number of benzene rings is 3. The van der Waals surface area contributed by atoms with E-state index in [0.29, 0.717) is 36.9 Å². The molecule has 0 saturated carbocycles. The summed E-state index contributed by atoms with van der Waals surface area (Å²) in [6.45, 7) is 6.09. The number of amides is 1. The summed E-state index contributed by atoms with van der Waals surface area (Å²) in [7, 11) is 0. The van der Waals surface area contributed by atoms with Gasteiger partial charge in [-0.1, -0.05) is 63.2 Å². The minimum Gasteiger partial charge on any atom is -0.508 e. The average molecular weight is 473 g/mol. The number of phenols is 1. The van der Waals surface area contributed by atoms with Gasteiger partial charge in [0.15, 0.2) is 5.78 Å². The first-order valence-corrected chi connectivity index (χ1v) is 12.1. The Hall–Kier alpha value is -3.60. The number of carbonyl (C=O) groups is 2. The molecule has 0 fully saturated rings. The van der Waals surface area contributed by atoms with E-state index >= 15 is 0 Å². The molecule has 3 rings (SSSR count). The molecule has 0 heterocycles. The van der Waals surface area contributed by atoms with Crippen molar-refractivity contribution in [3.8, 4) is 5.75 Å². The highest BCUT2D eigenvalue weighted by molar-refractivity contribution is 5.98. The molecule has 0 unspecified atom stereocenters. The van der Waals surface area contributed by atoms with E-state index in [4.69, 9.17) is 5.73 Å². The number of Topliss-reactive ketones (excluding diaryl/α,β-unsaturated/α-hetero) is 1. The predicted molar refractivity (Wildman–Crippen MR) is 141 cm³/mol. The van der Waals surface area contributed by atoms with Crippen molar-refractivity contribution in [2.45, 2.75) is 58.9 Å². The van der Waals surface area contributed by atoms with Gasteiger partial charge in [0.05, 0.1) is 6.04 Å². The summed E-state index contributed by atoms with van der Waals surface area (Å²) in [6, 6.07) is 21.8. The van der Waals surface area contributed by atoms with E-state index in [1.165, 1.54) is 0 Å². The van der Waals surface area contributed by atoms with Crippen molar-refractivity contribution in [3.63, 3.8) is 0 Å². The van der Waals surface area contributed by atoms with Gasteiger partial charge < -0.3 is 16.2 Å². The molecule has 3 aromatic carbocycles. The first-order valence-electron chi connectivity index (χ1n) is 12.1. The number of carbonyl (C=O) groups excluding carboxylic acids is 2. The second-order valence-electron chi connectivity index (χ2n) is 10.3. The monoisotopic (exact) mass is 472 g/mol. The summed E-state index contributed by atoms with van der Waals surface area (Å²) in [5, 5.41) is 12.5. The summed E-state index contributed by atoms with van der Waals surface area (Å²) in [6.07, 6.45) is 3.05. The first-order chi connectivity index (χ1) is 16.6. The van der Waals surface area contributed by atoms with Gasteiger partial charge in [0, 0.05) is 17.7 Å². The zero-order valence-electron chi connectivity index (χ0n) is 20.9. The molecule has 0 bridgehead atoms. The Morgan fingerprint density at radius 1 is 0.886 bits per heavy atom. The fourth-order valence-electron chi connectivity index (χ4n) is 4.06. The van der Waals surface area contributed by atoms with Crippen molar-refractivity contribution in [2.75, 3.05) is 5.73 Å². The Morgan fingerprint density at radius 2 is 1.54 bits per heavy atom. The molecule has 0 aliphatic rings. The minimum atomic E-state index is -0.556. The van der Waals surface area contributed by atoms with Gasteiger partial charge in [-0.3, -0.25) is 9.59 Å². The van der Waals surface area contributed by atoms with E-state index in [1.807, 2.05) is 69.3 Å². The number of nitrogens with one attached hydrogen (secondary N) is 1. The Morgan fingerprint density at radius 3 is 2.20 bits per heavy atom. The van der Waals surface area contributed by atoms with Crippen LogP contribution in [-0.4, -0.2) is 22.8 Å². The number of hydrogen-bond donors (Lipinski definition) is 3. The van der Waals surface area contributed by atoms with Gasteiger partial charge >= 0.3 is 0 Å². The zero-order chi connectivity index (χ0) is 25.4. The molecular formula is C30H36N2O3. The van der Waals surface area contributed by atoms with Gasteiger partial charge in [0.2, 0.25) is 0 Å². The van der Waals surface area contributed by atoms with E-state index in [-0.39, 0.29) is 22.9 Å². The van der Waals surface area contributed by atoms with Crippen LogP contribution in [0.1, 0.15) is 60.7 Å². The summed E-state index contributed by atoms with van der Waals surface area (Å²) >= 11 is 0. The summed E-state index contributed by atoms with van der Waals surface area (Å²) < 4.78 is 0. The maximum Gasteiger partial charge on any atom is 0.251 e. The number of aryl methyl sites for hydroxylation is 3. The summed E-state index contributed by atoms with van der Waals surface area (Å²) in [4.78, 5) is 26.3. The van der Waals surface area contributed by atoms with Crippen molar-refractivity contribution in [3.05, 3.63) is 95.1 Å². The molecule has 0 aliphatic heterocycles. The van der Waals surface area contributed by atoms with Crippen LogP contribution in [0.25, 0.3) is 0 Å². The predicted octanol–water partition coefficient (Wildman–Crippen LogP) is 5.50. The number of ketones is 1. The number of hydrogen-bond acceptors (Lipinski definition) is 4. The third-order valence-corrected chi connectivity index (χ3v) is 5.99. The van der Waals surface area contributed by atoms with Crippen LogP contribution in [0.5, 0.6) is 5.75 Å². The first kappa shape index (κ1) is 26.0. The Labute approximate surface area is 208 Å². The maximum absolute atomic E-state index is 13.2. The van der Waals surface area contributed by atoms with Crippen molar-refractivity contribution in [1.29, 1.82) is 0 Å². The van der Waals surface area contributed by atoms with Crippen LogP contribution in [0.2, 0.25) is 0 Å². The molecule has 0 saturated heterocycles. The van der Waals surface area contributed by atoms with E-state index < -0.39 is 6.04 Å². The molecule has 1 amide bonds. The van der Waals surface area contributed by atoms with Crippen molar-refractivity contribution in [2.24, 2.45) is 5.41 Å². The van der Waals surface area contributed by atoms with Gasteiger partial charge in [-0.15, -0.1) is 0 Å². The quantitative estimate of drug-likeness (QED) is 0.340. The summed E-state index contributed by atoms with van der Waals surface area (Å²) in [5.74, 6) is 0.00995. The van der Waals surface area contributed by atoms with Crippen LogP contribution in [-0.2, 0) is 24.1 Å². The molecule has 5 heteroatoms. The molecular weight excluding hydrogens is 436 g/mol. The third kappa shape index (κ3) is 8.29. The Kier molecular flexibility index (Phi) is 8.69. The second-order valence-corrected chi connectivity index (χ2v) is 10.3. The lowest BCUT2D eigenvalue weighted by molar-refractivity contribution is -0.122. The minimum absolute atomic E-state index is 0.0461. The highest BCUT2D eigenvalue weighted by Crippen LogP contribution is 2.22. The molecule has 3 aromatic rings. The topological polar surface area (TPSA) is 92.4 Å². The molecule has 4 N–H and O–H groups in total. The van der Waals surface area contributed by atoms with E-state index in [1.54, 1.807) is 24.3 Å². The lowest BCUT2D eigenvalue weighted by Crippen LogP contribution is -2.42. The second kappa shape index (κ2) is 11.7. The molecule has 0 aliphatic carbocycles. The lowest BCUT2D eigenvalue weighted by atomic mass is 9.86. The van der Waals surface area contributed by atoms with Gasteiger partial charge in [-0.05, 0) is 78.1 Å². The highest BCUT2D eigenvalue weighted by atomic mass is 16.3. The molecule has 0 radical (unpaired) electrons. The van der Waals surface area contributed by atoms with Crippen LogP contribution in [0.15, 0.2) is 72.8 Å². The molecule has 1 atom stereocenters. The SMILES string of the molecule is CC(C)(C)CC(=O)[C@H](CCc1ccccc1)NC(=O)c1ccc(N)c(CCc2ccc(O)cc2)c1. The molecule has 5 nitrogen and oxygen atoms in total. The van der Waals surface area contributed by atoms with E-state index in [9.17, 15) is 14.7 Å². The van der Waals surface area contributed by atoms with Crippen LogP contribution < -0.4 is 11.1 Å². The maximum atomic E-state index is 13.2. The highest BCUT2D eigenvalue weighted by Gasteiger charge is 2.26. The van der Waals surface area contributed by atoms with Crippen LogP contribution in [0.4, 0.5) is 5.69 Å². The number of rotatable bonds is 10. The smallest absolute Gasteiger partial charge is 0.251 e. The van der Waals surface area contributed by atoms with Crippen LogP contribution >= 0.6 is 0 Å². The fraction of sp³-hybridized carbons (Fsp3) is 0.333. The van der Waals surface area contributed by atoms with E-state index in [2.05, 4.69) is 5.32 Å².